The number of nitrogens with zero attached hydrogens (tertiary/aromatic N) is 3. The maximum atomic E-state index is 12.3. The van der Waals surface area contributed by atoms with Crippen LogP contribution < -0.4 is 5.32 Å². The van der Waals surface area contributed by atoms with E-state index in [9.17, 15) is 4.79 Å². The first kappa shape index (κ1) is 18.7. The Balaban J connectivity index is 4.72. The monoisotopic (exact) mass is 284 g/mol. The van der Waals surface area contributed by atoms with E-state index >= 15 is 0 Å². The fourth-order valence-electron chi connectivity index (χ4n) is 2.17. The second kappa shape index (κ2) is 10.5. The molecule has 2 atom stereocenters. The SMILES string of the molecule is CCOC(=O)C(CC)(CC(C)CC)NCCCN=[N+]=[N-]. The number of nitrogens with one attached hydrogen (secondary N) is 1. The predicted molar refractivity (Wildman–Crippen MR) is 80.4 cm³/mol. The Morgan fingerprint density at radius 2 is 2.15 bits per heavy atom. The largest absolute Gasteiger partial charge is 0.465 e. The van der Waals surface area contributed by atoms with Gasteiger partial charge in [-0.3, -0.25) is 4.79 Å². The Kier molecular flexibility index (Phi) is 9.86. The molecule has 6 nitrogen and oxygen atoms in total. The molecule has 0 fully saturated rings. The molecule has 116 valence electrons. The zero-order valence-electron chi connectivity index (χ0n) is 13.2. The Morgan fingerprint density at radius 1 is 1.45 bits per heavy atom. The molecule has 0 saturated heterocycles. The molecule has 0 aliphatic rings. The van der Waals surface area contributed by atoms with Gasteiger partial charge in [0.2, 0.25) is 0 Å². The van der Waals surface area contributed by atoms with Gasteiger partial charge in [0.1, 0.15) is 5.54 Å². The standard InChI is InChI=1S/C14H28N4O2/c1-5-12(4)11-14(6-2,13(19)20-7-3)16-9-8-10-17-18-15/h12,16H,5-11H2,1-4H3. The van der Waals surface area contributed by atoms with Gasteiger partial charge in [-0.25, -0.2) is 0 Å². The molecule has 2 unspecified atom stereocenters. The van der Waals surface area contributed by atoms with Crippen LogP contribution in [0.1, 0.15) is 53.4 Å². The van der Waals surface area contributed by atoms with Crippen molar-refractivity contribution in [2.75, 3.05) is 19.7 Å². The third-order valence-electron chi connectivity index (χ3n) is 3.63. The summed E-state index contributed by atoms with van der Waals surface area (Å²) in [6.45, 7) is 9.56. The van der Waals surface area contributed by atoms with E-state index in [2.05, 4.69) is 29.2 Å². The molecule has 0 aromatic carbocycles. The molecule has 0 amide bonds. The first-order valence-corrected chi connectivity index (χ1v) is 7.49. The van der Waals surface area contributed by atoms with Crippen LogP contribution in [0.3, 0.4) is 0 Å². The average molecular weight is 284 g/mol. The quantitative estimate of drug-likeness (QED) is 0.207. The van der Waals surface area contributed by atoms with Crippen LogP contribution >= 0.6 is 0 Å². The number of esters is 1. The van der Waals surface area contributed by atoms with E-state index in [1.54, 1.807) is 0 Å². The van der Waals surface area contributed by atoms with Crippen molar-refractivity contribution in [1.29, 1.82) is 0 Å². The van der Waals surface area contributed by atoms with Crippen LogP contribution in [-0.4, -0.2) is 31.2 Å². The van der Waals surface area contributed by atoms with Crippen LogP contribution in [0.4, 0.5) is 0 Å². The second-order valence-electron chi connectivity index (χ2n) is 5.11. The van der Waals surface area contributed by atoms with Gasteiger partial charge in [0, 0.05) is 11.5 Å². The zero-order valence-corrected chi connectivity index (χ0v) is 13.2. The Bertz CT molecular complexity index is 329. The molecule has 0 aliphatic heterocycles. The van der Waals surface area contributed by atoms with Crippen LogP contribution in [0.5, 0.6) is 0 Å². The summed E-state index contributed by atoms with van der Waals surface area (Å²) in [5, 5.41) is 6.83. The van der Waals surface area contributed by atoms with Gasteiger partial charge >= 0.3 is 5.97 Å². The summed E-state index contributed by atoms with van der Waals surface area (Å²) in [4.78, 5) is 15.0. The van der Waals surface area contributed by atoms with E-state index in [-0.39, 0.29) is 5.97 Å². The number of carbonyl (C=O) groups is 1. The van der Waals surface area contributed by atoms with Crippen molar-refractivity contribution in [3.05, 3.63) is 10.4 Å². The number of hydrogen-bond donors (Lipinski definition) is 1. The summed E-state index contributed by atoms with van der Waals surface area (Å²) in [7, 11) is 0. The fourth-order valence-corrected chi connectivity index (χ4v) is 2.17. The average Bonchev–Trinajstić information content (AvgIpc) is 2.45. The number of ether oxygens (including phenoxy) is 1. The Morgan fingerprint density at radius 3 is 2.65 bits per heavy atom. The van der Waals surface area contributed by atoms with Gasteiger partial charge in [-0.05, 0) is 44.2 Å². The minimum Gasteiger partial charge on any atom is -0.465 e. The molecule has 0 saturated carbocycles. The van der Waals surface area contributed by atoms with E-state index in [0.29, 0.717) is 38.5 Å². The van der Waals surface area contributed by atoms with Gasteiger partial charge in [0.05, 0.1) is 6.61 Å². The fraction of sp³-hybridized carbons (Fsp3) is 0.929. The first-order chi connectivity index (χ1) is 9.56. The van der Waals surface area contributed by atoms with Gasteiger partial charge in [0.25, 0.3) is 0 Å². The van der Waals surface area contributed by atoms with Crippen molar-refractivity contribution in [2.24, 2.45) is 11.0 Å². The molecule has 0 radical (unpaired) electrons. The molecule has 1 N–H and O–H groups in total. The summed E-state index contributed by atoms with van der Waals surface area (Å²) >= 11 is 0. The van der Waals surface area contributed by atoms with Crippen molar-refractivity contribution in [3.63, 3.8) is 0 Å². The smallest absolute Gasteiger partial charge is 0.326 e. The number of rotatable bonds is 11. The summed E-state index contributed by atoms with van der Waals surface area (Å²) < 4.78 is 5.24. The maximum Gasteiger partial charge on any atom is 0.326 e. The summed E-state index contributed by atoms with van der Waals surface area (Å²) in [5.74, 6) is 0.274. The van der Waals surface area contributed by atoms with E-state index in [1.807, 2.05) is 13.8 Å². The summed E-state index contributed by atoms with van der Waals surface area (Å²) in [6.07, 6.45) is 3.20. The van der Waals surface area contributed by atoms with Crippen molar-refractivity contribution in [2.45, 2.75) is 58.9 Å². The van der Waals surface area contributed by atoms with Crippen molar-refractivity contribution < 1.29 is 9.53 Å². The highest BCUT2D eigenvalue weighted by atomic mass is 16.5. The lowest BCUT2D eigenvalue weighted by molar-refractivity contribution is -0.152. The molecule has 6 heteroatoms. The first-order valence-electron chi connectivity index (χ1n) is 7.49. The number of azide groups is 1. The van der Waals surface area contributed by atoms with E-state index in [0.717, 1.165) is 12.8 Å². The molecule has 20 heavy (non-hydrogen) atoms. The summed E-state index contributed by atoms with van der Waals surface area (Å²) in [5.41, 5.74) is 7.62. The van der Waals surface area contributed by atoms with E-state index < -0.39 is 5.54 Å². The molecule has 0 aromatic rings. The van der Waals surface area contributed by atoms with Crippen LogP contribution in [0.2, 0.25) is 0 Å². The maximum absolute atomic E-state index is 12.3. The third-order valence-corrected chi connectivity index (χ3v) is 3.63. The normalized spacial score (nSPS) is 15.0. The molecule has 0 spiro atoms. The number of carbonyl (C=O) groups excluding carboxylic acids is 1. The summed E-state index contributed by atoms with van der Waals surface area (Å²) in [6, 6.07) is 0. The lowest BCUT2D eigenvalue weighted by Crippen LogP contribution is -2.54. The van der Waals surface area contributed by atoms with E-state index in [1.165, 1.54) is 0 Å². The van der Waals surface area contributed by atoms with Crippen LogP contribution in [0, 0.1) is 5.92 Å². The molecular formula is C14H28N4O2. The van der Waals surface area contributed by atoms with Gasteiger partial charge in [-0.15, -0.1) is 0 Å². The van der Waals surface area contributed by atoms with Crippen molar-refractivity contribution in [3.8, 4) is 0 Å². The highest BCUT2D eigenvalue weighted by Gasteiger charge is 2.38. The second-order valence-corrected chi connectivity index (χ2v) is 5.11. The molecule has 0 bridgehead atoms. The molecule has 0 aromatic heterocycles. The Hall–Kier alpha value is -1.26. The van der Waals surface area contributed by atoms with E-state index in [4.69, 9.17) is 10.3 Å². The molecule has 0 heterocycles. The van der Waals surface area contributed by atoms with Crippen LogP contribution in [-0.2, 0) is 9.53 Å². The van der Waals surface area contributed by atoms with Crippen molar-refractivity contribution in [1.82, 2.24) is 5.32 Å². The highest BCUT2D eigenvalue weighted by molar-refractivity contribution is 5.80. The lowest BCUT2D eigenvalue weighted by atomic mass is 9.84. The zero-order chi connectivity index (χ0) is 15.4. The minimum absolute atomic E-state index is 0.174. The van der Waals surface area contributed by atoms with Gasteiger partial charge in [-0.1, -0.05) is 32.3 Å². The molecule has 0 aliphatic carbocycles. The highest BCUT2D eigenvalue weighted by Crippen LogP contribution is 2.24. The molecular weight excluding hydrogens is 256 g/mol. The van der Waals surface area contributed by atoms with Gasteiger partial charge in [0.15, 0.2) is 0 Å². The topological polar surface area (TPSA) is 87.1 Å². The van der Waals surface area contributed by atoms with Gasteiger partial charge < -0.3 is 10.1 Å². The third kappa shape index (κ3) is 6.26. The van der Waals surface area contributed by atoms with Crippen molar-refractivity contribution >= 4 is 5.97 Å². The number of hydrogen-bond acceptors (Lipinski definition) is 4. The minimum atomic E-state index is -0.623. The predicted octanol–water partition coefficient (Wildman–Crippen LogP) is 3.42. The lowest BCUT2D eigenvalue weighted by Gasteiger charge is -2.33. The Labute approximate surface area is 121 Å². The molecule has 0 rings (SSSR count). The van der Waals surface area contributed by atoms with Crippen LogP contribution in [0.15, 0.2) is 5.11 Å². The van der Waals surface area contributed by atoms with Crippen LogP contribution in [0.25, 0.3) is 10.4 Å². The van der Waals surface area contributed by atoms with Gasteiger partial charge in [-0.2, -0.15) is 0 Å².